The molecule has 0 bridgehead atoms. The highest BCUT2D eigenvalue weighted by molar-refractivity contribution is 7.07. The molecule has 0 aliphatic rings. The maximum atomic E-state index is 10.6. The molecule has 1 heterocycles. The van der Waals surface area contributed by atoms with Gasteiger partial charge >= 0.3 is 0 Å². The van der Waals surface area contributed by atoms with Crippen LogP contribution in [0.1, 0.15) is 0 Å². The topological polar surface area (TPSA) is 49.3 Å². The maximum absolute atomic E-state index is 10.6. The third kappa shape index (κ3) is 1.28. The Bertz CT molecular complexity index is 245. The number of nitrogens with one attached hydrogen (secondary N) is 1. The van der Waals surface area contributed by atoms with Gasteiger partial charge in [0.05, 0.1) is 0 Å². The van der Waals surface area contributed by atoms with Crippen molar-refractivity contribution in [2.45, 2.75) is 0 Å². The smallest absolute Gasteiger partial charge is 0.205 e. The first-order valence-corrected chi connectivity index (χ1v) is 3.25. The molecule has 3 nitrogen and oxygen atoms in total. The van der Waals surface area contributed by atoms with E-state index in [1.165, 1.54) is 17.4 Å². The third-order valence-electron chi connectivity index (χ3n) is 0.870. The van der Waals surface area contributed by atoms with E-state index in [9.17, 15) is 4.79 Å². The summed E-state index contributed by atoms with van der Waals surface area (Å²) in [6.45, 7) is 0. The second kappa shape index (κ2) is 2.61. The summed E-state index contributed by atoms with van der Waals surface area (Å²) in [5.74, 6) is 0. The number of rotatable bonds is 1. The summed E-state index contributed by atoms with van der Waals surface area (Å²) in [5.41, 5.74) is 1.82. The normalized spacial score (nSPS) is 9.00. The molecule has 0 atom stereocenters. The molecule has 0 saturated carbocycles. The van der Waals surface area contributed by atoms with Crippen molar-refractivity contribution >= 4 is 17.0 Å². The zero-order valence-electron chi connectivity index (χ0n) is 4.50. The molecular formula is C5H5NO2S. The molecule has 48 valence electrons. The first kappa shape index (κ1) is 6.25. The second-order valence-electron chi connectivity index (χ2n) is 1.45. The lowest BCUT2D eigenvalue weighted by molar-refractivity contribution is 0.388. The van der Waals surface area contributed by atoms with Crippen LogP contribution in [0.15, 0.2) is 21.6 Å². The molecule has 0 aliphatic heterocycles. The lowest BCUT2D eigenvalue weighted by Crippen LogP contribution is -2.04. The molecule has 1 aromatic rings. The summed E-state index contributed by atoms with van der Waals surface area (Å²) < 4.78 is 0. The Balaban J connectivity index is 3.16. The summed E-state index contributed by atoms with van der Waals surface area (Å²) in [6, 6.07) is 1.39. The van der Waals surface area contributed by atoms with E-state index in [0.29, 0.717) is 0 Å². The Kier molecular flexibility index (Phi) is 1.81. The lowest BCUT2D eigenvalue weighted by atomic mass is 10.5. The number of hydrogen-bond donors (Lipinski definition) is 2. The van der Waals surface area contributed by atoms with E-state index in [1.807, 2.05) is 0 Å². The summed E-state index contributed by atoms with van der Waals surface area (Å²) in [6.07, 6.45) is 0. The highest BCUT2D eigenvalue weighted by Gasteiger charge is 1.91. The van der Waals surface area contributed by atoms with E-state index < -0.39 is 0 Å². The monoisotopic (exact) mass is 143 g/mol. The van der Waals surface area contributed by atoms with Crippen LogP contribution in [0, 0.1) is 0 Å². The van der Waals surface area contributed by atoms with E-state index in [1.54, 1.807) is 16.2 Å². The zero-order chi connectivity index (χ0) is 6.69. The summed E-state index contributed by atoms with van der Waals surface area (Å²) in [5, 5.41) is 11.5. The standard InChI is InChI=1S/C5H5NO2S/c7-5-1-2-9-3-4(5)6-8/h1-3,6,8H. The minimum atomic E-state index is -0.198. The fraction of sp³-hybridized carbons (Fsp3) is 0. The SMILES string of the molecule is O=c1ccscc1NO. The van der Waals surface area contributed by atoms with Crippen LogP contribution in [0.4, 0.5) is 5.69 Å². The van der Waals surface area contributed by atoms with Crippen molar-refractivity contribution in [2.75, 3.05) is 5.48 Å². The first-order valence-electron chi connectivity index (χ1n) is 2.31. The predicted octanol–water partition coefficient (Wildman–Crippen LogP) is 0.909. The fourth-order valence-electron chi connectivity index (χ4n) is 0.438. The first-order chi connectivity index (χ1) is 4.34. The number of anilines is 1. The van der Waals surface area contributed by atoms with E-state index >= 15 is 0 Å². The van der Waals surface area contributed by atoms with E-state index in [4.69, 9.17) is 5.21 Å². The van der Waals surface area contributed by atoms with Crippen molar-refractivity contribution in [3.05, 3.63) is 27.0 Å². The van der Waals surface area contributed by atoms with Gasteiger partial charge in [0.15, 0.2) is 0 Å². The van der Waals surface area contributed by atoms with Gasteiger partial charge in [0.1, 0.15) is 5.69 Å². The van der Waals surface area contributed by atoms with Gasteiger partial charge < -0.3 is 0 Å². The third-order valence-corrected chi connectivity index (χ3v) is 1.53. The van der Waals surface area contributed by atoms with Crippen LogP contribution in [-0.4, -0.2) is 5.21 Å². The molecule has 1 rings (SSSR count). The molecule has 4 heteroatoms. The average molecular weight is 143 g/mol. The van der Waals surface area contributed by atoms with Gasteiger partial charge in [-0.1, -0.05) is 0 Å². The molecule has 0 aliphatic carbocycles. The van der Waals surface area contributed by atoms with E-state index in [0.717, 1.165) is 0 Å². The molecule has 0 saturated heterocycles. The molecule has 0 amide bonds. The van der Waals surface area contributed by atoms with Crippen molar-refractivity contribution in [1.29, 1.82) is 0 Å². The van der Waals surface area contributed by atoms with Gasteiger partial charge in [-0.05, 0) is 11.4 Å². The molecule has 0 radical (unpaired) electrons. The molecule has 0 spiro atoms. The largest absolute Gasteiger partial charge is 0.291 e. The van der Waals surface area contributed by atoms with Crippen LogP contribution in [-0.2, 0) is 0 Å². The van der Waals surface area contributed by atoms with Gasteiger partial charge in [0.25, 0.3) is 0 Å². The second-order valence-corrected chi connectivity index (χ2v) is 2.23. The molecule has 0 unspecified atom stereocenters. The minimum absolute atomic E-state index is 0.198. The van der Waals surface area contributed by atoms with Crippen LogP contribution in [0.2, 0.25) is 0 Å². The summed E-state index contributed by atoms with van der Waals surface area (Å²) in [4.78, 5) is 10.6. The van der Waals surface area contributed by atoms with Gasteiger partial charge in [-0.2, -0.15) is 0 Å². The van der Waals surface area contributed by atoms with E-state index in [-0.39, 0.29) is 11.1 Å². The van der Waals surface area contributed by atoms with Crippen LogP contribution >= 0.6 is 11.3 Å². The molecule has 9 heavy (non-hydrogen) atoms. The van der Waals surface area contributed by atoms with Crippen molar-refractivity contribution in [3.63, 3.8) is 0 Å². The van der Waals surface area contributed by atoms with Gasteiger partial charge in [-0.25, -0.2) is 0 Å². The van der Waals surface area contributed by atoms with Crippen molar-refractivity contribution in [2.24, 2.45) is 0 Å². The predicted molar refractivity (Wildman–Crippen MR) is 36.0 cm³/mol. The van der Waals surface area contributed by atoms with Crippen LogP contribution in [0.5, 0.6) is 0 Å². The maximum Gasteiger partial charge on any atom is 0.205 e. The minimum Gasteiger partial charge on any atom is -0.291 e. The highest BCUT2D eigenvalue weighted by atomic mass is 32.1. The Morgan fingerprint density at radius 3 is 2.89 bits per heavy atom. The lowest BCUT2D eigenvalue weighted by Gasteiger charge is -1.91. The Morgan fingerprint density at radius 2 is 2.44 bits per heavy atom. The fourth-order valence-corrected chi connectivity index (χ4v) is 1.02. The Hall–Kier alpha value is -0.870. The Labute approximate surface area is 55.5 Å². The van der Waals surface area contributed by atoms with Crippen LogP contribution in [0.25, 0.3) is 0 Å². The van der Waals surface area contributed by atoms with E-state index in [2.05, 4.69) is 0 Å². The summed E-state index contributed by atoms with van der Waals surface area (Å²) >= 11 is 1.35. The molecule has 0 fully saturated rings. The van der Waals surface area contributed by atoms with Gasteiger partial charge in [0.2, 0.25) is 5.43 Å². The summed E-state index contributed by atoms with van der Waals surface area (Å²) in [7, 11) is 0. The van der Waals surface area contributed by atoms with Crippen molar-refractivity contribution < 1.29 is 5.21 Å². The van der Waals surface area contributed by atoms with Crippen LogP contribution in [0.3, 0.4) is 0 Å². The molecule has 1 aromatic heterocycles. The molecule has 0 aromatic carbocycles. The number of hydrogen-bond acceptors (Lipinski definition) is 4. The quantitative estimate of drug-likeness (QED) is 0.574. The van der Waals surface area contributed by atoms with Crippen molar-refractivity contribution in [3.8, 4) is 0 Å². The van der Waals surface area contributed by atoms with Gasteiger partial charge in [0, 0.05) is 5.38 Å². The van der Waals surface area contributed by atoms with Gasteiger partial charge in [-0.15, -0.1) is 11.3 Å². The average Bonchev–Trinajstić information content (AvgIpc) is 1.89. The zero-order valence-corrected chi connectivity index (χ0v) is 5.31. The van der Waals surface area contributed by atoms with Gasteiger partial charge in [-0.3, -0.25) is 15.5 Å². The highest BCUT2D eigenvalue weighted by Crippen LogP contribution is 2.00. The molecule has 2 N–H and O–H groups in total. The molecular weight excluding hydrogens is 138 g/mol. The van der Waals surface area contributed by atoms with Crippen LogP contribution < -0.4 is 10.9 Å². The Morgan fingerprint density at radius 1 is 1.67 bits per heavy atom. The van der Waals surface area contributed by atoms with Crippen molar-refractivity contribution in [1.82, 2.24) is 0 Å².